The molecule has 0 bridgehead atoms. The summed E-state index contributed by atoms with van der Waals surface area (Å²) >= 11 is 0. The highest BCUT2D eigenvalue weighted by Gasteiger charge is 2.11. The zero-order valence-electron chi connectivity index (χ0n) is 11.6. The van der Waals surface area contributed by atoms with Crippen LogP contribution in [-0.2, 0) is 4.74 Å². The first kappa shape index (κ1) is 12.3. The van der Waals surface area contributed by atoms with Crippen molar-refractivity contribution >= 4 is 16.7 Å². The largest absolute Gasteiger partial charge is 0.378 e. The highest BCUT2D eigenvalue weighted by Crippen LogP contribution is 2.25. The number of nitrogens with zero attached hydrogens (tertiary/aromatic N) is 3. The van der Waals surface area contributed by atoms with E-state index >= 15 is 0 Å². The van der Waals surface area contributed by atoms with Gasteiger partial charge in [-0.15, -0.1) is 0 Å². The fraction of sp³-hybridized carbons (Fsp3) is 0.250. The minimum Gasteiger partial charge on any atom is -0.378 e. The van der Waals surface area contributed by atoms with Crippen LogP contribution in [0.15, 0.2) is 42.7 Å². The lowest BCUT2D eigenvalue weighted by atomic mass is 10.1. The number of ether oxygens (including phenoxy) is 1. The van der Waals surface area contributed by atoms with E-state index in [0.717, 1.165) is 48.5 Å². The van der Waals surface area contributed by atoms with E-state index in [-0.39, 0.29) is 0 Å². The summed E-state index contributed by atoms with van der Waals surface area (Å²) in [5, 5.41) is 6.96. The van der Waals surface area contributed by atoms with E-state index in [1.807, 2.05) is 6.20 Å². The van der Waals surface area contributed by atoms with Gasteiger partial charge in [0.2, 0.25) is 0 Å². The third-order valence-electron chi connectivity index (χ3n) is 3.87. The molecular weight excluding hydrogens is 264 g/mol. The van der Waals surface area contributed by atoms with Gasteiger partial charge < -0.3 is 9.64 Å². The standard InChI is InChI=1S/C16H16N4O/c1-3-14(20-5-7-21-8-6-20)4-2-12(1)13-9-15-16(17-10-13)11-18-19-15/h1-4,9-11H,5-8H2,(H,18,19). The summed E-state index contributed by atoms with van der Waals surface area (Å²) in [6.45, 7) is 3.53. The lowest BCUT2D eigenvalue weighted by molar-refractivity contribution is 0.122. The van der Waals surface area contributed by atoms with Crippen molar-refractivity contribution in [1.29, 1.82) is 0 Å². The van der Waals surface area contributed by atoms with Crippen molar-refractivity contribution in [2.75, 3.05) is 31.2 Å². The molecule has 0 atom stereocenters. The first-order valence-corrected chi connectivity index (χ1v) is 7.12. The van der Waals surface area contributed by atoms with E-state index < -0.39 is 0 Å². The molecule has 1 aliphatic heterocycles. The number of aromatic nitrogens is 3. The van der Waals surface area contributed by atoms with Crippen molar-refractivity contribution in [2.24, 2.45) is 0 Å². The number of aromatic amines is 1. The van der Waals surface area contributed by atoms with Crippen LogP contribution in [0.4, 0.5) is 5.69 Å². The SMILES string of the molecule is c1cc(N2CCOCC2)ccc1-c1cnc2cn[nH]c2c1. The Morgan fingerprint density at radius 1 is 1.00 bits per heavy atom. The Morgan fingerprint density at radius 2 is 1.81 bits per heavy atom. The predicted octanol–water partition coefficient (Wildman–Crippen LogP) is 2.46. The summed E-state index contributed by atoms with van der Waals surface area (Å²) in [5.74, 6) is 0. The molecule has 1 fully saturated rings. The zero-order chi connectivity index (χ0) is 14.1. The molecule has 1 saturated heterocycles. The maximum absolute atomic E-state index is 5.39. The highest BCUT2D eigenvalue weighted by atomic mass is 16.5. The fourth-order valence-electron chi connectivity index (χ4n) is 2.67. The van der Waals surface area contributed by atoms with Gasteiger partial charge in [0.15, 0.2) is 0 Å². The molecule has 106 valence electrons. The number of anilines is 1. The summed E-state index contributed by atoms with van der Waals surface area (Å²) in [6.07, 6.45) is 3.63. The van der Waals surface area contributed by atoms with Crippen LogP contribution >= 0.6 is 0 Å². The zero-order valence-corrected chi connectivity index (χ0v) is 11.6. The Labute approximate surface area is 122 Å². The van der Waals surface area contributed by atoms with Gasteiger partial charge in [-0.05, 0) is 23.8 Å². The molecule has 5 nitrogen and oxygen atoms in total. The van der Waals surface area contributed by atoms with Crippen LogP contribution in [0.1, 0.15) is 0 Å². The Bertz CT molecular complexity index is 744. The van der Waals surface area contributed by atoms with E-state index in [2.05, 4.69) is 50.4 Å². The lowest BCUT2D eigenvalue weighted by Crippen LogP contribution is -2.36. The number of H-pyrrole nitrogens is 1. The lowest BCUT2D eigenvalue weighted by Gasteiger charge is -2.28. The smallest absolute Gasteiger partial charge is 0.108 e. The van der Waals surface area contributed by atoms with Gasteiger partial charge in [-0.2, -0.15) is 5.10 Å². The fourth-order valence-corrected chi connectivity index (χ4v) is 2.67. The second-order valence-electron chi connectivity index (χ2n) is 5.17. The molecule has 0 saturated carbocycles. The second kappa shape index (κ2) is 5.18. The molecule has 2 aromatic heterocycles. The van der Waals surface area contributed by atoms with Gasteiger partial charge in [-0.3, -0.25) is 10.1 Å². The monoisotopic (exact) mass is 280 g/mol. The Balaban J connectivity index is 1.62. The van der Waals surface area contributed by atoms with Crippen LogP contribution in [0, 0.1) is 0 Å². The molecular formula is C16H16N4O. The Morgan fingerprint density at radius 3 is 2.62 bits per heavy atom. The van der Waals surface area contributed by atoms with Gasteiger partial charge in [-0.25, -0.2) is 0 Å². The second-order valence-corrected chi connectivity index (χ2v) is 5.17. The number of benzene rings is 1. The van der Waals surface area contributed by atoms with Crippen LogP contribution in [0.5, 0.6) is 0 Å². The van der Waals surface area contributed by atoms with Crippen molar-refractivity contribution in [3.63, 3.8) is 0 Å². The third kappa shape index (κ3) is 2.36. The molecule has 1 N–H and O–H groups in total. The topological polar surface area (TPSA) is 54.0 Å². The Hall–Kier alpha value is -2.40. The van der Waals surface area contributed by atoms with E-state index in [9.17, 15) is 0 Å². The van der Waals surface area contributed by atoms with Crippen LogP contribution in [0.25, 0.3) is 22.2 Å². The van der Waals surface area contributed by atoms with Crippen LogP contribution in [0.2, 0.25) is 0 Å². The minimum atomic E-state index is 0.808. The number of fused-ring (bicyclic) bond motifs is 1. The molecule has 0 spiro atoms. The minimum absolute atomic E-state index is 0.808. The first-order valence-electron chi connectivity index (χ1n) is 7.12. The van der Waals surface area contributed by atoms with Gasteiger partial charge in [0.1, 0.15) is 5.52 Å². The summed E-state index contributed by atoms with van der Waals surface area (Å²) in [6, 6.07) is 10.7. The molecule has 21 heavy (non-hydrogen) atoms. The first-order chi connectivity index (χ1) is 10.4. The number of rotatable bonds is 2. The molecule has 5 heteroatoms. The predicted molar refractivity (Wildman–Crippen MR) is 82.4 cm³/mol. The van der Waals surface area contributed by atoms with Gasteiger partial charge in [0, 0.05) is 30.5 Å². The number of hydrogen-bond acceptors (Lipinski definition) is 4. The summed E-state index contributed by atoms with van der Waals surface area (Å²) in [7, 11) is 0. The molecule has 0 amide bonds. The summed E-state index contributed by atoms with van der Waals surface area (Å²) in [4.78, 5) is 6.76. The van der Waals surface area contributed by atoms with Crippen LogP contribution in [-0.4, -0.2) is 41.5 Å². The Kier molecular flexibility index (Phi) is 3.05. The summed E-state index contributed by atoms with van der Waals surface area (Å²) in [5.41, 5.74) is 5.36. The summed E-state index contributed by atoms with van der Waals surface area (Å²) < 4.78 is 5.39. The van der Waals surface area contributed by atoms with Crippen molar-refractivity contribution < 1.29 is 4.74 Å². The number of pyridine rings is 1. The van der Waals surface area contributed by atoms with Crippen LogP contribution < -0.4 is 4.90 Å². The normalized spacial score (nSPS) is 15.5. The van der Waals surface area contributed by atoms with Gasteiger partial charge >= 0.3 is 0 Å². The van der Waals surface area contributed by atoms with Crippen LogP contribution in [0.3, 0.4) is 0 Å². The third-order valence-corrected chi connectivity index (χ3v) is 3.87. The maximum atomic E-state index is 5.39. The highest BCUT2D eigenvalue weighted by molar-refractivity contribution is 5.79. The molecule has 3 aromatic rings. The maximum Gasteiger partial charge on any atom is 0.108 e. The number of nitrogens with one attached hydrogen (secondary N) is 1. The average Bonchev–Trinajstić information content (AvgIpc) is 3.03. The molecule has 0 aliphatic carbocycles. The quantitative estimate of drug-likeness (QED) is 0.783. The number of morpholine rings is 1. The van der Waals surface area contributed by atoms with E-state index in [1.165, 1.54) is 5.69 Å². The van der Waals surface area contributed by atoms with E-state index in [1.54, 1.807) is 6.20 Å². The van der Waals surface area contributed by atoms with Crippen molar-refractivity contribution in [3.05, 3.63) is 42.7 Å². The molecule has 1 aromatic carbocycles. The van der Waals surface area contributed by atoms with Crippen molar-refractivity contribution in [3.8, 4) is 11.1 Å². The molecule has 1 aliphatic rings. The van der Waals surface area contributed by atoms with Gasteiger partial charge in [0.05, 0.1) is 24.9 Å². The molecule has 3 heterocycles. The van der Waals surface area contributed by atoms with E-state index in [4.69, 9.17) is 4.74 Å². The average molecular weight is 280 g/mol. The van der Waals surface area contributed by atoms with Gasteiger partial charge in [-0.1, -0.05) is 12.1 Å². The molecule has 4 rings (SSSR count). The van der Waals surface area contributed by atoms with Crippen molar-refractivity contribution in [2.45, 2.75) is 0 Å². The van der Waals surface area contributed by atoms with Crippen molar-refractivity contribution in [1.82, 2.24) is 15.2 Å². The number of hydrogen-bond donors (Lipinski definition) is 1. The van der Waals surface area contributed by atoms with E-state index in [0.29, 0.717) is 0 Å². The molecule has 0 unspecified atom stereocenters. The molecule has 0 radical (unpaired) electrons. The van der Waals surface area contributed by atoms with Gasteiger partial charge in [0.25, 0.3) is 0 Å².